The number of fused-ring (bicyclic) bond motifs is 1. The van der Waals surface area contributed by atoms with Crippen LogP contribution in [-0.2, 0) is 6.42 Å². The van der Waals surface area contributed by atoms with Crippen molar-refractivity contribution >= 4 is 22.4 Å². The van der Waals surface area contributed by atoms with Crippen molar-refractivity contribution in [3.05, 3.63) is 46.5 Å². The number of hydrogen-bond donors (Lipinski definition) is 1. The zero-order chi connectivity index (χ0) is 13.2. The van der Waals surface area contributed by atoms with Gasteiger partial charge < -0.3 is 14.3 Å². The largest absolute Gasteiger partial charge is 0.495 e. The first-order valence-corrected chi connectivity index (χ1v) is 6.80. The monoisotopic (exact) mass is 275 g/mol. The Morgan fingerprint density at radius 1 is 1.37 bits per heavy atom. The smallest absolute Gasteiger partial charge is 0.198 e. The number of para-hydroxylation sites is 2. The number of aromatic nitrogens is 1. The summed E-state index contributed by atoms with van der Waals surface area (Å²) in [5, 5.41) is 12.1. The maximum Gasteiger partial charge on any atom is 0.198 e. The van der Waals surface area contributed by atoms with Crippen molar-refractivity contribution < 1.29 is 14.3 Å². The van der Waals surface area contributed by atoms with E-state index in [1.807, 2.05) is 35.7 Å². The van der Waals surface area contributed by atoms with Gasteiger partial charge in [-0.15, -0.1) is 11.3 Å². The van der Waals surface area contributed by atoms with E-state index in [1.54, 1.807) is 7.11 Å². The van der Waals surface area contributed by atoms with E-state index in [1.165, 1.54) is 11.3 Å². The summed E-state index contributed by atoms with van der Waals surface area (Å²) in [5.41, 5.74) is 1.55. The van der Waals surface area contributed by atoms with Crippen molar-refractivity contribution in [2.75, 3.05) is 7.11 Å². The van der Waals surface area contributed by atoms with Crippen molar-refractivity contribution in [3.63, 3.8) is 0 Å². The quantitative estimate of drug-likeness (QED) is 0.794. The second-order valence-corrected chi connectivity index (χ2v) is 5.10. The first kappa shape index (κ1) is 12.2. The van der Waals surface area contributed by atoms with Gasteiger partial charge in [-0.3, -0.25) is 0 Å². The van der Waals surface area contributed by atoms with Gasteiger partial charge in [0.15, 0.2) is 11.5 Å². The lowest BCUT2D eigenvalue weighted by atomic mass is 10.2. The molecule has 0 aliphatic heterocycles. The van der Waals surface area contributed by atoms with Gasteiger partial charge in [0.2, 0.25) is 0 Å². The molecule has 2 heterocycles. The van der Waals surface area contributed by atoms with Crippen LogP contribution in [0.15, 0.2) is 40.1 Å². The molecule has 0 fully saturated rings. The van der Waals surface area contributed by atoms with Crippen LogP contribution in [0.5, 0.6) is 5.75 Å². The number of hydrogen-bond acceptors (Lipinski definition) is 5. The first-order chi connectivity index (χ1) is 9.28. The molecule has 1 N–H and O–H groups in total. The van der Waals surface area contributed by atoms with E-state index >= 15 is 0 Å². The van der Waals surface area contributed by atoms with Crippen LogP contribution < -0.4 is 4.74 Å². The molecule has 19 heavy (non-hydrogen) atoms. The highest BCUT2D eigenvalue weighted by Gasteiger charge is 2.18. The topological polar surface area (TPSA) is 55.5 Å². The Morgan fingerprint density at radius 3 is 3.00 bits per heavy atom. The van der Waals surface area contributed by atoms with Gasteiger partial charge in [-0.1, -0.05) is 12.1 Å². The Bertz CT molecular complexity index is 656. The molecule has 0 bridgehead atoms. The summed E-state index contributed by atoms with van der Waals surface area (Å²) < 4.78 is 10.8. The molecule has 3 aromatic rings. The molecule has 98 valence electrons. The lowest BCUT2D eigenvalue weighted by Gasteiger charge is -2.08. The van der Waals surface area contributed by atoms with Crippen LogP contribution in [0, 0.1) is 0 Å². The Kier molecular flexibility index (Phi) is 3.23. The normalized spacial score (nSPS) is 12.7. The SMILES string of the molecule is COc1ccsc1C(O)Cc1nc2ccccc2o1. The van der Waals surface area contributed by atoms with Gasteiger partial charge in [-0.25, -0.2) is 4.98 Å². The Balaban J connectivity index is 1.84. The van der Waals surface area contributed by atoms with E-state index in [0.717, 1.165) is 16.0 Å². The number of benzene rings is 1. The molecule has 2 aromatic heterocycles. The maximum atomic E-state index is 10.2. The third kappa shape index (κ3) is 2.34. The van der Waals surface area contributed by atoms with Gasteiger partial charge in [0.25, 0.3) is 0 Å². The van der Waals surface area contributed by atoms with Crippen molar-refractivity contribution in [2.45, 2.75) is 12.5 Å². The number of aliphatic hydroxyl groups is 1. The van der Waals surface area contributed by atoms with Crippen molar-refractivity contribution in [3.8, 4) is 5.75 Å². The highest BCUT2D eigenvalue weighted by Crippen LogP contribution is 2.32. The van der Waals surface area contributed by atoms with Crippen LogP contribution in [0.25, 0.3) is 11.1 Å². The van der Waals surface area contributed by atoms with Gasteiger partial charge in [-0.2, -0.15) is 0 Å². The number of methoxy groups -OCH3 is 1. The van der Waals surface area contributed by atoms with Crippen molar-refractivity contribution in [2.24, 2.45) is 0 Å². The third-order valence-electron chi connectivity index (χ3n) is 2.89. The Hall–Kier alpha value is -1.85. The Morgan fingerprint density at radius 2 is 2.21 bits per heavy atom. The van der Waals surface area contributed by atoms with Gasteiger partial charge >= 0.3 is 0 Å². The maximum absolute atomic E-state index is 10.2. The van der Waals surface area contributed by atoms with E-state index in [9.17, 15) is 5.11 Å². The standard InChI is InChI=1S/C14H13NO3S/c1-17-12-6-7-19-14(12)10(16)8-13-15-9-4-2-3-5-11(9)18-13/h2-7,10,16H,8H2,1H3. The summed E-state index contributed by atoms with van der Waals surface area (Å²) in [7, 11) is 1.59. The summed E-state index contributed by atoms with van der Waals surface area (Å²) in [6.45, 7) is 0. The van der Waals surface area contributed by atoms with Crippen LogP contribution in [0.3, 0.4) is 0 Å². The highest BCUT2D eigenvalue weighted by atomic mass is 32.1. The molecule has 3 rings (SSSR count). The molecule has 0 radical (unpaired) electrons. The molecule has 0 aliphatic carbocycles. The second-order valence-electron chi connectivity index (χ2n) is 4.15. The number of aliphatic hydroxyl groups excluding tert-OH is 1. The fourth-order valence-corrected chi connectivity index (χ4v) is 2.83. The van der Waals surface area contributed by atoms with Crippen LogP contribution in [0.2, 0.25) is 0 Å². The predicted octanol–water partition coefficient (Wildman–Crippen LogP) is 3.17. The number of thiophene rings is 1. The minimum Gasteiger partial charge on any atom is -0.495 e. The van der Waals surface area contributed by atoms with E-state index in [2.05, 4.69) is 4.98 Å². The molecule has 0 aliphatic rings. The first-order valence-electron chi connectivity index (χ1n) is 5.92. The molecular formula is C14H13NO3S. The van der Waals surface area contributed by atoms with E-state index in [4.69, 9.17) is 9.15 Å². The molecule has 1 atom stereocenters. The Labute approximate surface area is 114 Å². The molecule has 0 saturated carbocycles. The summed E-state index contributed by atoms with van der Waals surface area (Å²) in [5.74, 6) is 1.23. The summed E-state index contributed by atoms with van der Waals surface area (Å²) in [6.07, 6.45) is -0.325. The lowest BCUT2D eigenvalue weighted by molar-refractivity contribution is 0.169. The predicted molar refractivity (Wildman–Crippen MR) is 73.5 cm³/mol. The molecule has 0 amide bonds. The van der Waals surface area contributed by atoms with E-state index in [0.29, 0.717) is 18.1 Å². The fourth-order valence-electron chi connectivity index (χ4n) is 1.99. The third-order valence-corrected chi connectivity index (χ3v) is 3.89. The lowest BCUT2D eigenvalue weighted by Crippen LogP contribution is -2.01. The van der Waals surface area contributed by atoms with E-state index in [-0.39, 0.29) is 0 Å². The average Bonchev–Trinajstić information content (AvgIpc) is 3.03. The highest BCUT2D eigenvalue weighted by molar-refractivity contribution is 7.10. The van der Waals surface area contributed by atoms with Crippen LogP contribution >= 0.6 is 11.3 Å². The molecule has 0 saturated heterocycles. The molecule has 1 unspecified atom stereocenters. The van der Waals surface area contributed by atoms with Gasteiger partial charge in [0.1, 0.15) is 17.4 Å². The zero-order valence-corrected chi connectivity index (χ0v) is 11.2. The number of ether oxygens (including phenoxy) is 1. The van der Waals surface area contributed by atoms with Crippen LogP contribution in [-0.4, -0.2) is 17.2 Å². The van der Waals surface area contributed by atoms with Gasteiger partial charge in [0.05, 0.1) is 18.4 Å². The fraction of sp³-hybridized carbons (Fsp3) is 0.214. The molecular weight excluding hydrogens is 262 g/mol. The number of rotatable bonds is 4. The zero-order valence-electron chi connectivity index (χ0n) is 10.4. The molecule has 5 heteroatoms. The minimum absolute atomic E-state index is 0.339. The average molecular weight is 275 g/mol. The van der Waals surface area contributed by atoms with Crippen molar-refractivity contribution in [1.29, 1.82) is 0 Å². The molecule has 4 nitrogen and oxygen atoms in total. The number of oxazole rings is 1. The number of nitrogens with zero attached hydrogens (tertiary/aromatic N) is 1. The minimum atomic E-state index is -0.664. The van der Waals surface area contributed by atoms with Gasteiger partial charge in [0, 0.05) is 0 Å². The molecule has 0 spiro atoms. The second kappa shape index (κ2) is 5.03. The van der Waals surface area contributed by atoms with Crippen molar-refractivity contribution in [1.82, 2.24) is 4.98 Å². The summed E-state index contributed by atoms with van der Waals surface area (Å²) >= 11 is 1.46. The summed E-state index contributed by atoms with van der Waals surface area (Å²) in [4.78, 5) is 5.15. The van der Waals surface area contributed by atoms with Crippen LogP contribution in [0.1, 0.15) is 16.9 Å². The summed E-state index contributed by atoms with van der Waals surface area (Å²) in [6, 6.07) is 9.41. The van der Waals surface area contributed by atoms with Crippen LogP contribution in [0.4, 0.5) is 0 Å². The van der Waals surface area contributed by atoms with E-state index < -0.39 is 6.10 Å². The van der Waals surface area contributed by atoms with Gasteiger partial charge in [-0.05, 0) is 23.6 Å². The molecule has 1 aromatic carbocycles.